The van der Waals surface area contributed by atoms with Crippen LogP contribution in [0, 0.1) is 0 Å². The number of carbonyl (C=O) groups is 11. The van der Waals surface area contributed by atoms with Crippen LogP contribution in [-0.2, 0) is 82.3 Å². The average molecular weight is 1290 g/mol. The number of rotatable bonds is 39. The van der Waals surface area contributed by atoms with E-state index in [9.17, 15) is 75.9 Å². The lowest BCUT2D eigenvalue weighted by molar-refractivity contribution is -0.141. The van der Waals surface area contributed by atoms with Crippen LogP contribution in [0.25, 0.3) is 10.9 Å². The van der Waals surface area contributed by atoms with Gasteiger partial charge in [-0.25, -0.2) is 4.79 Å². The zero-order chi connectivity index (χ0) is 67.4. The summed E-state index contributed by atoms with van der Waals surface area (Å²) >= 11 is 0. The van der Waals surface area contributed by atoms with Gasteiger partial charge in [0.15, 0.2) is 0 Å². The topological polar surface area (TPSA) is 465 Å². The molecule has 0 radical (unpaired) electrons. The van der Waals surface area contributed by atoms with Crippen LogP contribution in [0.5, 0.6) is 5.75 Å². The number of hydrogen-bond acceptors (Lipinski definition) is 16. The number of alkyl carbamates (subject to hydrolysis) is 1. The van der Waals surface area contributed by atoms with E-state index in [1.54, 1.807) is 81.6 Å². The molecule has 0 fully saturated rings. The number of primary amides is 1. The Morgan fingerprint density at radius 2 is 0.967 bits per heavy atom. The van der Waals surface area contributed by atoms with Crippen LogP contribution in [0.2, 0.25) is 0 Å². The molecule has 4 aromatic rings. The van der Waals surface area contributed by atoms with E-state index in [2.05, 4.69) is 51.7 Å². The molecule has 0 saturated carbocycles. The van der Waals surface area contributed by atoms with Crippen LogP contribution in [0.4, 0.5) is 4.79 Å². The highest BCUT2D eigenvalue weighted by Crippen LogP contribution is 2.21. The minimum atomic E-state index is -4.94. The molecule has 0 bridgehead atoms. The summed E-state index contributed by atoms with van der Waals surface area (Å²) in [7, 11) is -4.94. The molecule has 0 spiro atoms. The summed E-state index contributed by atoms with van der Waals surface area (Å²) in [4.78, 5) is 153. The van der Waals surface area contributed by atoms with Crippen LogP contribution in [-0.4, -0.2) is 154 Å². The fourth-order valence-electron chi connectivity index (χ4n) is 9.44. The van der Waals surface area contributed by atoms with Gasteiger partial charge in [0, 0.05) is 42.8 Å². The van der Waals surface area contributed by atoms with Crippen LogP contribution >= 0.6 is 0 Å². The third kappa shape index (κ3) is 26.8. The maximum absolute atomic E-state index is 14.8. The number of para-hydroxylation sites is 1. The van der Waals surface area contributed by atoms with Crippen LogP contribution in [0.15, 0.2) is 85.1 Å². The Balaban J connectivity index is 1.69. The first-order valence-electron chi connectivity index (χ1n) is 29.9. The zero-order valence-corrected chi connectivity index (χ0v) is 52.4. The van der Waals surface area contributed by atoms with Gasteiger partial charge in [-0.05, 0) is 101 Å². The first kappa shape index (κ1) is 74.3. The Labute approximate surface area is 527 Å². The maximum Gasteiger partial charge on any atom is 0.446 e. The van der Waals surface area contributed by atoms with Crippen molar-refractivity contribution in [1.82, 2.24) is 47.5 Å². The van der Waals surface area contributed by atoms with Crippen molar-refractivity contribution in [3.63, 3.8) is 0 Å². The lowest BCUT2D eigenvalue weighted by Crippen LogP contribution is -2.61. The van der Waals surface area contributed by atoms with Crippen molar-refractivity contribution in [2.45, 2.75) is 185 Å². The Morgan fingerprint density at radius 3 is 1.46 bits per heavy atom. The number of carbonyl (C=O) groups excluding carboxylic acids is 9. The predicted molar refractivity (Wildman–Crippen MR) is 331 cm³/mol. The summed E-state index contributed by atoms with van der Waals surface area (Å²) < 4.78 is 41.8. The van der Waals surface area contributed by atoms with Crippen molar-refractivity contribution in [2.75, 3.05) is 6.54 Å². The monoisotopic (exact) mass is 1290 g/mol. The van der Waals surface area contributed by atoms with Crippen molar-refractivity contribution >= 4 is 86.6 Å². The van der Waals surface area contributed by atoms with Crippen molar-refractivity contribution in [1.29, 1.82) is 0 Å². The standard InChI is InChI=1S/C61H85N11O18S/c1-6-8-20-42(66-57(82)47(32-37-24-26-39(27-25-37)90-91(86,87)88)69-56(81)45(28-29-50(73)74)72-60(85)89-61(3,4)5)53(78)65-44(23-15-16-30-62)55(80)70-48(33-38-35-64-41-22-14-13-19-40(38)41)58(83)67-43(21-9-7-2)54(79)71-49(34-51(75)76)59(84)68-46(52(63)77)31-36-17-11-10-12-18-36/h10-14,17-19,22,24-27,35,42-49,64H,6-9,15-16,20-21,23,28-34,62H2,1-5H3,(H2,63,77)(H,65,78)(H,66,82)(H,67,83)(H,68,84)(H,69,81)(H,70,80)(H,71,79)(H,72,85)(H,73,74)(H,75,76)(H,86,87,88)/t42-,43-,44-,45+,46-,47-,48-,49-/m0/s1. The summed E-state index contributed by atoms with van der Waals surface area (Å²) in [5, 5.41) is 40.6. The summed E-state index contributed by atoms with van der Waals surface area (Å²) in [6.07, 6.45) is 0.128. The molecule has 16 N–H and O–H groups in total. The van der Waals surface area contributed by atoms with Crippen molar-refractivity contribution in [3.8, 4) is 5.75 Å². The molecule has 0 aliphatic heterocycles. The molecule has 9 amide bonds. The summed E-state index contributed by atoms with van der Waals surface area (Å²) in [6.45, 7) is 8.47. The van der Waals surface area contributed by atoms with Gasteiger partial charge in [0.05, 0.1) is 6.42 Å². The van der Waals surface area contributed by atoms with Crippen LogP contribution in [0.3, 0.4) is 0 Å². The second kappa shape index (κ2) is 36.5. The van der Waals surface area contributed by atoms with E-state index in [4.69, 9.17) is 16.2 Å². The fourth-order valence-corrected chi connectivity index (χ4v) is 9.80. The smallest absolute Gasteiger partial charge is 0.446 e. The highest BCUT2D eigenvalue weighted by atomic mass is 32.3. The molecule has 0 unspecified atom stereocenters. The van der Waals surface area contributed by atoms with Crippen molar-refractivity contribution < 1.29 is 84.8 Å². The van der Waals surface area contributed by atoms with Crippen molar-refractivity contribution in [2.24, 2.45) is 11.5 Å². The number of aromatic amines is 1. The quantitative estimate of drug-likeness (QED) is 0.0224. The highest BCUT2D eigenvalue weighted by molar-refractivity contribution is 7.81. The highest BCUT2D eigenvalue weighted by Gasteiger charge is 2.36. The summed E-state index contributed by atoms with van der Waals surface area (Å²) in [6, 6.07) is 8.50. The molecule has 3 aromatic carbocycles. The average Bonchev–Trinajstić information content (AvgIpc) is 1.81. The van der Waals surface area contributed by atoms with E-state index in [1.807, 2.05) is 13.8 Å². The molecule has 498 valence electrons. The van der Waals surface area contributed by atoms with E-state index in [0.29, 0.717) is 54.1 Å². The van der Waals surface area contributed by atoms with Gasteiger partial charge in [0.1, 0.15) is 59.7 Å². The number of nitrogens with one attached hydrogen (secondary N) is 9. The second-order valence-corrected chi connectivity index (χ2v) is 23.8. The van der Waals surface area contributed by atoms with E-state index in [0.717, 1.165) is 12.1 Å². The van der Waals surface area contributed by atoms with Crippen LogP contribution < -0.4 is 58.2 Å². The largest absolute Gasteiger partial charge is 0.481 e. The minimum Gasteiger partial charge on any atom is -0.481 e. The SMILES string of the molecule is CCCC[C@H](NC(=O)[C@H](Cc1c[nH]c2ccccc12)NC(=O)[C@H](CCCCN)NC(=O)[C@H](CCCC)NC(=O)[C@H](Cc1ccc(OS(=O)(=O)O)cc1)NC(=O)[C@@H](CCC(=O)O)NC(=O)OC(C)(C)C)C(=O)N[C@@H](CC(=O)O)C(=O)N[C@@H](Cc1ccccc1)C(N)=O. The number of unbranched alkanes of at least 4 members (excludes halogenated alkanes) is 3. The van der Waals surface area contributed by atoms with Crippen molar-refractivity contribution in [3.05, 3.63) is 102 Å². The molecular weight excluding hydrogens is 1210 g/mol. The Morgan fingerprint density at radius 1 is 0.527 bits per heavy atom. The molecule has 0 aliphatic rings. The third-order valence-corrected chi connectivity index (χ3v) is 14.5. The van der Waals surface area contributed by atoms with Gasteiger partial charge in [-0.3, -0.25) is 52.5 Å². The number of ether oxygens (including phenoxy) is 1. The lowest BCUT2D eigenvalue weighted by Gasteiger charge is -2.28. The number of H-pyrrole nitrogens is 1. The number of hydrogen-bond donors (Lipinski definition) is 14. The third-order valence-electron chi connectivity index (χ3n) is 14.1. The zero-order valence-electron chi connectivity index (χ0n) is 51.5. The second-order valence-electron chi connectivity index (χ2n) is 22.7. The number of carboxylic acid groups (broad SMARTS) is 2. The van der Waals surface area contributed by atoms with E-state index >= 15 is 0 Å². The van der Waals surface area contributed by atoms with Gasteiger partial charge in [-0.2, -0.15) is 8.42 Å². The van der Waals surface area contributed by atoms with E-state index < -0.39 is 149 Å². The molecule has 91 heavy (non-hydrogen) atoms. The number of aliphatic carboxylic acids is 2. The molecule has 0 saturated heterocycles. The Kier molecular flexibility index (Phi) is 29.8. The molecule has 0 aliphatic carbocycles. The molecule has 1 heterocycles. The van der Waals surface area contributed by atoms with Gasteiger partial charge >= 0.3 is 28.4 Å². The summed E-state index contributed by atoms with van der Waals surface area (Å²) in [5.41, 5.74) is 12.6. The van der Waals surface area contributed by atoms with Gasteiger partial charge in [0.2, 0.25) is 47.3 Å². The number of aromatic nitrogens is 1. The van der Waals surface area contributed by atoms with Gasteiger partial charge in [0.25, 0.3) is 0 Å². The fraction of sp³-hybridized carbons (Fsp3) is 0.492. The number of carboxylic acids is 2. The number of benzene rings is 3. The first-order valence-corrected chi connectivity index (χ1v) is 31.3. The number of fused-ring (bicyclic) bond motifs is 1. The van der Waals surface area contributed by atoms with Gasteiger partial charge < -0.3 is 78.1 Å². The number of amides is 9. The predicted octanol–water partition coefficient (Wildman–Crippen LogP) is 2.00. The molecule has 30 heteroatoms. The molecule has 4 rings (SSSR count). The minimum absolute atomic E-state index is 0.0269. The van der Waals surface area contributed by atoms with Gasteiger partial charge in [-0.1, -0.05) is 100 Å². The Bertz CT molecular complexity index is 3250. The van der Waals surface area contributed by atoms with E-state index in [-0.39, 0.29) is 62.8 Å². The normalized spacial score (nSPS) is 14.1. The maximum atomic E-state index is 14.8. The summed E-state index contributed by atoms with van der Waals surface area (Å²) in [5.74, 6) is -10.7. The Hall–Kier alpha value is -9.16. The molecule has 29 nitrogen and oxygen atoms in total. The molecule has 8 atom stereocenters. The van der Waals surface area contributed by atoms with Gasteiger partial charge in [-0.15, -0.1) is 0 Å². The van der Waals surface area contributed by atoms with E-state index in [1.165, 1.54) is 12.1 Å². The van der Waals surface area contributed by atoms with Crippen LogP contribution in [0.1, 0.15) is 128 Å². The first-order chi connectivity index (χ1) is 43.0. The number of nitrogens with two attached hydrogens (primary N) is 2. The lowest BCUT2D eigenvalue weighted by atomic mass is 10.0. The molecular formula is C61H85N11O18S. The molecule has 1 aromatic heterocycles.